The number of rotatable bonds is 5. The average molecular weight is 472 g/mol. The van der Waals surface area contributed by atoms with Gasteiger partial charge in [-0.3, -0.25) is 4.79 Å². The molecule has 0 bridgehead atoms. The van der Waals surface area contributed by atoms with Gasteiger partial charge in [0.1, 0.15) is 17.2 Å². The molecule has 0 unspecified atom stereocenters. The molecule has 35 heavy (non-hydrogen) atoms. The van der Waals surface area contributed by atoms with Gasteiger partial charge in [0.25, 0.3) is 5.91 Å². The maximum Gasteiger partial charge on any atom is 0.253 e. The van der Waals surface area contributed by atoms with Crippen molar-refractivity contribution in [3.63, 3.8) is 0 Å². The van der Waals surface area contributed by atoms with E-state index in [2.05, 4.69) is 16.0 Å². The first-order valence-corrected chi connectivity index (χ1v) is 11.8. The van der Waals surface area contributed by atoms with E-state index in [0.717, 1.165) is 16.7 Å². The topological polar surface area (TPSA) is 117 Å². The maximum atomic E-state index is 13.2. The van der Waals surface area contributed by atoms with E-state index in [-0.39, 0.29) is 11.8 Å². The summed E-state index contributed by atoms with van der Waals surface area (Å²) in [5.74, 6) is 1.36. The zero-order valence-corrected chi connectivity index (χ0v) is 20.0. The second-order valence-corrected chi connectivity index (χ2v) is 9.33. The van der Waals surface area contributed by atoms with E-state index in [0.29, 0.717) is 67.6 Å². The van der Waals surface area contributed by atoms with Crippen LogP contribution in [0, 0.1) is 18.3 Å². The summed E-state index contributed by atoms with van der Waals surface area (Å²) in [6.45, 7) is 4.51. The van der Waals surface area contributed by atoms with Crippen LogP contribution in [-0.4, -0.2) is 54.2 Å². The van der Waals surface area contributed by atoms with Crippen LogP contribution < -0.4 is 5.73 Å². The molecule has 0 aliphatic carbocycles. The smallest absolute Gasteiger partial charge is 0.253 e. The van der Waals surface area contributed by atoms with Crippen molar-refractivity contribution in [1.82, 2.24) is 14.9 Å². The number of nitriles is 1. The monoisotopic (exact) mass is 471 g/mol. The summed E-state index contributed by atoms with van der Waals surface area (Å²) in [6, 6.07) is 15.4. The molecule has 2 fully saturated rings. The van der Waals surface area contributed by atoms with E-state index in [1.807, 2.05) is 54.3 Å². The lowest BCUT2D eigenvalue weighted by Gasteiger charge is -2.39. The maximum absolute atomic E-state index is 13.2. The van der Waals surface area contributed by atoms with Crippen LogP contribution in [0.2, 0.25) is 0 Å². The number of aromatic nitrogens is 2. The van der Waals surface area contributed by atoms with E-state index >= 15 is 0 Å². The standard InChI is InChI=1S/C27H29N5O3/c1-17-3-6-20(25(33)32-15-21(16-32)19-7-4-18(14-28)5-8-19)13-22(17)23-24(29)31-26(30-23)27(34-2)9-11-35-12-10-27/h3-8,13,21H,9-12,15-16,29H2,1-2H3,(H,30,31). The molecule has 0 radical (unpaired) electrons. The number of H-pyrrole nitrogens is 1. The normalized spacial score (nSPS) is 17.6. The zero-order chi connectivity index (χ0) is 24.6. The molecule has 3 heterocycles. The molecule has 1 amide bonds. The number of anilines is 1. The highest BCUT2D eigenvalue weighted by Gasteiger charge is 2.38. The molecule has 3 N–H and O–H groups in total. The summed E-state index contributed by atoms with van der Waals surface area (Å²) in [5.41, 5.74) is 10.8. The number of carbonyl (C=O) groups excluding carboxylic acids is 1. The predicted octanol–water partition coefficient (Wildman–Crippen LogP) is 3.73. The fraction of sp³-hybridized carbons (Fsp3) is 0.370. The van der Waals surface area contributed by atoms with Gasteiger partial charge in [-0.2, -0.15) is 5.26 Å². The van der Waals surface area contributed by atoms with Crippen molar-refractivity contribution in [1.29, 1.82) is 5.26 Å². The molecule has 8 nitrogen and oxygen atoms in total. The van der Waals surface area contributed by atoms with Crippen molar-refractivity contribution in [2.24, 2.45) is 0 Å². The molecule has 0 spiro atoms. The fourth-order valence-corrected chi connectivity index (χ4v) is 4.94. The molecular weight excluding hydrogens is 442 g/mol. The molecule has 5 rings (SSSR count). The second-order valence-electron chi connectivity index (χ2n) is 9.33. The number of nitrogens with one attached hydrogen (secondary N) is 1. The molecule has 8 heteroatoms. The van der Waals surface area contributed by atoms with Gasteiger partial charge < -0.3 is 25.1 Å². The molecule has 180 valence electrons. The van der Waals surface area contributed by atoms with E-state index in [4.69, 9.17) is 20.5 Å². The number of nitrogens with two attached hydrogens (primary N) is 1. The van der Waals surface area contributed by atoms with Crippen molar-refractivity contribution in [3.05, 3.63) is 70.5 Å². The number of carbonyl (C=O) groups is 1. The first-order chi connectivity index (χ1) is 16.9. The van der Waals surface area contributed by atoms with Crippen LogP contribution in [0.25, 0.3) is 11.3 Å². The number of ether oxygens (including phenoxy) is 2. The Bertz CT molecular complexity index is 1280. The van der Waals surface area contributed by atoms with E-state index in [1.54, 1.807) is 7.11 Å². The minimum atomic E-state index is -0.552. The Kier molecular flexibility index (Phi) is 6.05. The highest BCUT2D eigenvalue weighted by atomic mass is 16.5. The van der Waals surface area contributed by atoms with Gasteiger partial charge in [-0.1, -0.05) is 18.2 Å². The van der Waals surface area contributed by atoms with E-state index < -0.39 is 5.60 Å². The van der Waals surface area contributed by atoms with Crippen LogP contribution >= 0.6 is 0 Å². The van der Waals surface area contributed by atoms with Gasteiger partial charge in [-0.05, 0) is 42.3 Å². The number of benzene rings is 2. The molecule has 0 saturated carbocycles. The minimum Gasteiger partial charge on any atom is -0.382 e. The Morgan fingerprint density at radius 3 is 2.60 bits per heavy atom. The van der Waals surface area contributed by atoms with E-state index in [1.165, 1.54) is 0 Å². The quantitative estimate of drug-likeness (QED) is 0.586. The van der Waals surface area contributed by atoms with Crippen molar-refractivity contribution in [2.75, 3.05) is 39.1 Å². The molecule has 2 aliphatic heterocycles. The molecule has 1 aromatic heterocycles. The third-order valence-corrected chi connectivity index (χ3v) is 7.29. The molecule has 0 atom stereocenters. The van der Waals surface area contributed by atoms with Crippen molar-refractivity contribution in [3.8, 4) is 17.3 Å². The first kappa shape index (κ1) is 23.1. The summed E-state index contributed by atoms with van der Waals surface area (Å²) < 4.78 is 11.4. The first-order valence-electron chi connectivity index (χ1n) is 11.8. The van der Waals surface area contributed by atoms with Crippen LogP contribution in [0.3, 0.4) is 0 Å². The number of methoxy groups -OCH3 is 1. The predicted molar refractivity (Wildman–Crippen MR) is 132 cm³/mol. The summed E-state index contributed by atoms with van der Waals surface area (Å²) in [6.07, 6.45) is 1.39. The van der Waals surface area contributed by atoms with Gasteiger partial charge in [0.15, 0.2) is 0 Å². The molecule has 2 saturated heterocycles. The number of likely N-dealkylation sites (tertiary alicyclic amines) is 1. The fourth-order valence-electron chi connectivity index (χ4n) is 4.94. The van der Waals surface area contributed by atoms with E-state index in [9.17, 15) is 4.79 Å². The number of amides is 1. The Hall–Kier alpha value is -3.67. The van der Waals surface area contributed by atoms with Crippen LogP contribution in [0.4, 0.5) is 5.82 Å². The third-order valence-electron chi connectivity index (χ3n) is 7.29. The Morgan fingerprint density at radius 2 is 1.94 bits per heavy atom. The van der Waals surface area contributed by atoms with Gasteiger partial charge in [0.05, 0.1) is 17.3 Å². The van der Waals surface area contributed by atoms with Crippen LogP contribution in [0.5, 0.6) is 0 Å². The number of hydrogen-bond acceptors (Lipinski definition) is 6. The van der Waals surface area contributed by atoms with Gasteiger partial charge in [-0.15, -0.1) is 0 Å². The molecule has 3 aromatic rings. The van der Waals surface area contributed by atoms with Crippen LogP contribution in [0.15, 0.2) is 42.5 Å². The van der Waals surface area contributed by atoms with Gasteiger partial charge in [-0.25, -0.2) is 4.98 Å². The van der Waals surface area contributed by atoms with Crippen molar-refractivity contribution >= 4 is 11.7 Å². The highest BCUT2D eigenvalue weighted by molar-refractivity contribution is 5.96. The SMILES string of the molecule is COC1(c2nc(N)c(-c3cc(C(=O)N4CC(c5ccc(C#N)cc5)C4)ccc3C)[nH]2)CCOCC1. The summed E-state index contributed by atoms with van der Waals surface area (Å²) in [7, 11) is 1.69. The van der Waals surface area contributed by atoms with Gasteiger partial charge in [0, 0.05) is 63.3 Å². The van der Waals surface area contributed by atoms with Gasteiger partial charge in [0.2, 0.25) is 0 Å². The molecule has 2 aliphatic rings. The number of nitrogens with zero attached hydrogens (tertiary/aromatic N) is 3. The van der Waals surface area contributed by atoms with Crippen molar-refractivity contribution in [2.45, 2.75) is 31.3 Å². The third kappa shape index (κ3) is 4.18. The summed E-state index contributed by atoms with van der Waals surface area (Å²) in [4.78, 5) is 23.1. The average Bonchev–Trinajstić information content (AvgIpc) is 3.26. The van der Waals surface area contributed by atoms with Crippen LogP contribution in [-0.2, 0) is 15.1 Å². The number of imidazole rings is 1. The number of hydrogen-bond donors (Lipinski definition) is 2. The second kappa shape index (κ2) is 9.17. The lowest BCUT2D eigenvalue weighted by molar-refractivity contribution is -0.0994. The number of aromatic amines is 1. The summed E-state index contributed by atoms with van der Waals surface area (Å²) >= 11 is 0. The Balaban J connectivity index is 1.35. The lowest BCUT2D eigenvalue weighted by Crippen LogP contribution is -2.48. The highest BCUT2D eigenvalue weighted by Crippen LogP contribution is 2.38. The number of aryl methyl sites for hydroxylation is 1. The molecular formula is C27H29N5O3. The summed E-state index contributed by atoms with van der Waals surface area (Å²) in [5, 5.41) is 8.99. The minimum absolute atomic E-state index is 0.00718. The van der Waals surface area contributed by atoms with Gasteiger partial charge >= 0.3 is 0 Å². The lowest BCUT2D eigenvalue weighted by atomic mass is 9.90. The van der Waals surface area contributed by atoms with Crippen LogP contribution in [0.1, 0.15) is 51.6 Å². The largest absolute Gasteiger partial charge is 0.382 e. The zero-order valence-electron chi connectivity index (χ0n) is 20.0. The van der Waals surface area contributed by atoms with Crippen molar-refractivity contribution < 1.29 is 14.3 Å². The Morgan fingerprint density at radius 1 is 1.23 bits per heavy atom. The Labute approximate surface area is 204 Å². The molecule has 2 aromatic carbocycles. The number of nitrogen functional groups attached to an aromatic ring is 1.